The number of carbonyl (C=O) groups excluding carboxylic acids is 3. The molecule has 3 heterocycles. The predicted octanol–water partition coefficient (Wildman–Crippen LogP) is 2.23. The Bertz CT molecular complexity index is 868. The lowest BCUT2D eigenvalue weighted by molar-refractivity contribution is -0.142. The highest BCUT2D eigenvalue weighted by Gasteiger charge is 2.51. The summed E-state index contributed by atoms with van der Waals surface area (Å²) in [7, 11) is 0. The average Bonchev–Trinajstić information content (AvgIpc) is 3.34. The minimum atomic E-state index is -0.540. The highest BCUT2D eigenvalue weighted by atomic mass is 32.1. The standard InChI is InChI=1S/C20H21N3O3S/c1-15(24)23-11-18(25)22(17-5-3-2-4-6-17)14-20(23)8-9-21(13-20)19(26)16-7-10-27-12-16/h2-7,10,12H,8-9,11,13-14H2,1H3/t20-/m0/s1. The van der Waals surface area contributed by atoms with E-state index in [4.69, 9.17) is 0 Å². The van der Waals surface area contributed by atoms with Crippen LogP contribution in [0, 0.1) is 0 Å². The van der Waals surface area contributed by atoms with Gasteiger partial charge in [0.15, 0.2) is 0 Å². The first-order chi connectivity index (χ1) is 13.0. The molecule has 2 saturated heterocycles. The number of anilines is 1. The van der Waals surface area contributed by atoms with Crippen molar-refractivity contribution in [2.75, 3.05) is 31.1 Å². The van der Waals surface area contributed by atoms with Gasteiger partial charge in [0.1, 0.15) is 6.54 Å². The second-order valence-electron chi connectivity index (χ2n) is 7.13. The van der Waals surface area contributed by atoms with Crippen molar-refractivity contribution in [1.82, 2.24) is 9.80 Å². The van der Waals surface area contributed by atoms with Crippen LogP contribution < -0.4 is 4.90 Å². The van der Waals surface area contributed by atoms with Crippen molar-refractivity contribution in [2.24, 2.45) is 0 Å². The Kier molecular flexibility index (Phi) is 4.47. The molecule has 2 fully saturated rings. The van der Waals surface area contributed by atoms with Crippen molar-refractivity contribution in [1.29, 1.82) is 0 Å². The topological polar surface area (TPSA) is 60.9 Å². The van der Waals surface area contributed by atoms with Gasteiger partial charge in [-0.05, 0) is 30.0 Å². The summed E-state index contributed by atoms with van der Waals surface area (Å²) in [6, 6.07) is 11.3. The van der Waals surface area contributed by atoms with Gasteiger partial charge in [0.25, 0.3) is 5.91 Å². The van der Waals surface area contributed by atoms with Gasteiger partial charge in [-0.2, -0.15) is 11.3 Å². The van der Waals surface area contributed by atoms with E-state index in [1.165, 1.54) is 18.3 Å². The first-order valence-electron chi connectivity index (χ1n) is 8.95. The molecular weight excluding hydrogens is 362 g/mol. The SMILES string of the molecule is CC(=O)N1CC(=O)N(c2ccccc2)C[C@@]12CCN(C(=O)c1ccsc1)C2. The molecule has 2 aliphatic heterocycles. The van der Waals surface area contributed by atoms with Crippen LogP contribution in [0.4, 0.5) is 5.69 Å². The lowest BCUT2D eigenvalue weighted by Gasteiger charge is -2.48. The summed E-state index contributed by atoms with van der Waals surface area (Å²) in [6.45, 7) is 2.97. The summed E-state index contributed by atoms with van der Waals surface area (Å²) >= 11 is 1.49. The molecule has 1 atom stereocenters. The van der Waals surface area contributed by atoms with E-state index in [1.54, 1.807) is 14.7 Å². The lowest BCUT2D eigenvalue weighted by atomic mass is 9.91. The molecule has 0 unspecified atom stereocenters. The molecule has 3 amide bonds. The van der Waals surface area contributed by atoms with Crippen LogP contribution in [0.5, 0.6) is 0 Å². The maximum atomic E-state index is 12.8. The number of amides is 3. The van der Waals surface area contributed by atoms with Gasteiger partial charge in [0.2, 0.25) is 11.8 Å². The second-order valence-corrected chi connectivity index (χ2v) is 7.91. The van der Waals surface area contributed by atoms with E-state index in [0.29, 0.717) is 31.6 Å². The molecule has 1 aromatic carbocycles. The smallest absolute Gasteiger partial charge is 0.254 e. The van der Waals surface area contributed by atoms with Gasteiger partial charge in [-0.25, -0.2) is 0 Å². The third kappa shape index (κ3) is 3.12. The van der Waals surface area contributed by atoms with Crippen LogP contribution >= 0.6 is 11.3 Å². The van der Waals surface area contributed by atoms with E-state index >= 15 is 0 Å². The van der Waals surface area contributed by atoms with Crippen LogP contribution in [-0.2, 0) is 9.59 Å². The zero-order valence-corrected chi connectivity index (χ0v) is 15.9. The number of para-hydroxylation sites is 1. The molecule has 0 saturated carbocycles. The number of hydrogen-bond acceptors (Lipinski definition) is 4. The largest absolute Gasteiger partial charge is 0.336 e. The number of rotatable bonds is 2. The van der Waals surface area contributed by atoms with Crippen molar-refractivity contribution < 1.29 is 14.4 Å². The summed E-state index contributed by atoms with van der Waals surface area (Å²) < 4.78 is 0. The third-order valence-corrected chi connectivity index (χ3v) is 6.14. The molecule has 6 nitrogen and oxygen atoms in total. The Labute approximate surface area is 162 Å². The van der Waals surface area contributed by atoms with E-state index in [1.807, 2.05) is 47.2 Å². The van der Waals surface area contributed by atoms with Crippen molar-refractivity contribution in [2.45, 2.75) is 18.9 Å². The molecule has 7 heteroatoms. The van der Waals surface area contributed by atoms with E-state index in [2.05, 4.69) is 0 Å². The molecule has 0 bridgehead atoms. The van der Waals surface area contributed by atoms with E-state index in [0.717, 1.165) is 5.69 Å². The molecule has 27 heavy (non-hydrogen) atoms. The van der Waals surface area contributed by atoms with Gasteiger partial charge >= 0.3 is 0 Å². The summed E-state index contributed by atoms with van der Waals surface area (Å²) in [6.07, 6.45) is 0.666. The van der Waals surface area contributed by atoms with Gasteiger partial charge in [-0.1, -0.05) is 18.2 Å². The fraction of sp³-hybridized carbons (Fsp3) is 0.350. The maximum Gasteiger partial charge on any atom is 0.254 e. The molecule has 4 rings (SSSR count). The van der Waals surface area contributed by atoms with E-state index < -0.39 is 5.54 Å². The Morgan fingerprint density at radius 2 is 1.89 bits per heavy atom. The Morgan fingerprint density at radius 3 is 2.56 bits per heavy atom. The number of benzene rings is 1. The van der Waals surface area contributed by atoms with Crippen LogP contribution in [0.1, 0.15) is 23.7 Å². The molecular formula is C20H21N3O3S. The van der Waals surface area contributed by atoms with Crippen molar-refractivity contribution in [3.63, 3.8) is 0 Å². The fourth-order valence-corrected chi connectivity index (χ4v) is 4.72. The lowest BCUT2D eigenvalue weighted by Crippen LogP contribution is -2.67. The van der Waals surface area contributed by atoms with Gasteiger partial charge in [0.05, 0.1) is 17.6 Å². The molecule has 1 spiro atoms. The highest BCUT2D eigenvalue weighted by molar-refractivity contribution is 7.08. The minimum Gasteiger partial charge on any atom is -0.336 e. The molecule has 2 aliphatic rings. The fourth-order valence-electron chi connectivity index (χ4n) is 4.09. The molecule has 0 N–H and O–H groups in total. The molecule has 0 radical (unpaired) electrons. The summed E-state index contributed by atoms with van der Waals surface area (Å²) in [4.78, 5) is 43.0. The molecule has 140 valence electrons. The van der Waals surface area contributed by atoms with Crippen molar-refractivity contribution in [3.05, 3.63) is 52.7 Å². The second kappa shape index (κ2) is 6.81. The van der Waals surface area contributed by atoms with Gasteiger partial charge in [0, 0.05) is 31.1 Å². The molecule has 1 aromatic heterocycles. The van der Waals surface area contributed by atoms with Crippen LogP contribution in [0.25, 0.3) is 0 Å². The van der Waals surface area contributed by atoms with Gasteiger partial charge in [-0.3, -0.25) is 14.4 Å². The zero-order valence-electron chi connectivity index (χ0n) is 15.1. The minimum absolute atomic E-state index is 0.0141. The Balaban J connectivity index is 1.63. The van der Waals surface area contributed by atoms with Crippen molar-refractivity contribution in [3.8, 4) is 0 Å². The van der Waals surface area contributed by atoms with Crippen molar-refractivity contribution >= 4 is 34.7 Å². The third-order valence-electron chi connectivity index (χ3n) is 5.46. The van der Waals surface area contributed by atoms with Crippen LogP contribution in [0.3, 0.4) is 0 Å². The van der Waals surface area contributed by atoms with Crippen LogP contribution in [0.15, 0.2) is 47.2 Å². The summed E-state index contributed by atoms with van der Waals surface area (Å²) in [5, 5.41) is 3.73. The van der Waals surface area contributed by atoms with Gasteiger partial charge < -0.3 is 14.7 Å². The normalized spacial score (nSPS) is 22.6. The first kappa shape index (κ1) is 17.7. The maximum absolute atomic E-state index is 12.8. The van der Waals surface area contributed by atoms with Crippen LogP contribution in [-0.4, -0.2) is 59.2 Å². The molecule has 0 aliphatic carbocycles. The molecule has 2 aromatic rings. The number of nitrogens with zero attached hydrogens (tertiary/aromatic N) is 3. The Hall–Kier alpha value is -2.67. The number of thiophene rings is 1. The average molecular weight is 383 g/mol. The number of carbonyl (C=O) groups is 3. The number of piperazine rings is 1. The number of likely N-dealkylation sites (tertiary alicyclic amines) is 1. The predicted molar refractivity (Wildman–Crippen MR) is 104 cm³/mol. The van der Waals surface area contributed by atoms with Gasteiger partial charge in [-0.15, -0.1) is 0 Å². The Morgan fingerprint density at radius 1 is 1.11 bits per heavy atom. The van der Waals surface area contributed by atoms with Crippen LogP contribution in [0.2, 0.25) is 0 Å². The van der Waals surface area contributed by atoms with E-state index in [9.17, 15) is 14.4 Å². The monoisotopic (exact) mass is 383 g/mol. The zero-order chi connectivity index (χ0) is 19.0. The summed E-state index contributed by atoms with van der Waals surface area (Å²) in [5.74, 6) is -0.231. The first-order valence-corrected chi connectivity index (χ1v) is 9.90. The highest BCUT2D eigenvalue weighted by Crippen LogP contribution is 2.35. The number of hydrogen-bond donors (Lipinski definition) is 0. The summed E-state index contributed by atoms with van der Waals surface area (Å²) in [5.41, 5.74) is 0.965. The van der Waals surface area contributed by atoms with E-state index in [-0.39, 0.29) is 24.3 Å². The quantitative estimate of drug-likeness (QED) is 0.799.